The number of aromatic hydroxyl groups is 2. The normalized spacial score (nSPS) is 16.6. The van der Waals surface area contributed by atoms with Gasteiger partial charge in [-0.25, -0.2) is 0 Å². The molecule has 106 valence electrons. The minimum absolute atomic E-state index is 0.0121. The maximum atomic E-state index is 9.49. The lowest BCUT2D eigenvalue weighted by molar-refractivity contribution is 0.451. The molecule has 1 aliphatic heterocycles. The largest absolute Gasteiger partial charge is 0.508 e. The molecule has 3 rings (SSSR count). The summed E-state index contributed by atoms with van der Waals surface area (Å²) in [6.07, 6.45) is 1.85. The Labute approximate surface area is 116 Å². The number of hydrogen-bond donors (Lipinski definition) is 4. The number of anilines is 1. The fourth-order valence-electron chi connectivity index (χ4n) is 2.35. The van der Waals surface area contributed by atoms with E-state index in [-0.39, 0.29) is 17.5 Å². The maximum absolute atomic E-state index is 9.49. The number of aromatic amines is 1. The van der Waals surface area contributed by atoms with Crippen molar-refractivity contribution in [1.82, 2.24) is 15.2 Å². The molecule has 2 heterocycles. The zero-order chi connectivity index (χ0) is 14.1. The van der Waals surface area contributed by atoms with Crippen LogP contribution in [0.25, 0.3) is 11.4 Å². The molecule has 1 aromatic carbocycles. The van der Waals surface area contributed by atoms with Gasteiger partial charge < -0.3 is 20.8 Å². The van der Waals surface area contributed by atoms with Gasteiger partial charge in [-0.3, -0.25) is 5.10 Å². The minimum atomic E-state index is -0.0121. The van der Waals surface area contributed by atoms with Crippen molar-refractivity contribution in [2.45, 2.75) is 18.9 Å². The zero-order valence-corrected chi connectivity index (χ0v) is 11.0. The summed E-state index contributed by atoms with van der Waals surface area (Å²) < 4.78 is 0. The van der Waals surface area contributed by atoms with E-state index in [2.05, 4.69) is 20.1 Å². The molecule has 0 amide bonds. The molecule has 1 fully saturated rings. The Balaban J connectivity index is 1.83. The molecule has 0 radical (unpaired) electrons. The van der Waals surface area contributed by atoms with Crippen LogP contribution in [0.3, 0.4) is 0 Å². The Morgan fingerprint density at radius 3 is 2.45 bits per heavy atom. The van der Waals surface area contributed by atoms with Gasteiger partial charge in [0.25, 0.3) is 0 Å². The lowest BCUT2D eigenvalue weighted by atomic mass is 10.1. The first-order valence-corrected chi connectivity index (χ1v) is 6.58. The summed E-state index contributed by atoms with van der Waals surface area (Å²) in [5, 5.41) is 26.0. The van der Waals surface area contributed by atoms with Gasteiger partial charge in [0.1, 0.15) is 11.5 Å². The summed E-state index contributed by atoms with van der Waals surface area (Å²) in [5.41, 5.74) is 6.47. The predicted octanol–water partition coefficient (Wildman–Crippen LogP) is 0.810. The third-order valence-corrected chi connectivity index (χ3v) is 3.47. The quantitative estimate of drug-likeness (QED) is 0.645. The van der Waals surface area contributed by atoms with Crippen molar-refractivity contribution in [3.8, 4) is 22.9 Å². The smallest absolute Gasteiger partial charge is 0.245 e. The fourth-order valence-corrected chi connectivity index (χ4v) is 2.35. The van der Waals surface area contributed by atoms with Crippen LogP contribution in [-0.2, 0) is 0 Å². The molecule has 0 spiro atoms. The van der Waals surface area contributed by atoms with Crippen molar-refractivity contribution < 1.29 is 10.2 Å². The van der Waals surface area contributed by atoms with Gasteiger partial charge in [0.2, 0.25) is 5.95 Å². The SMILES string of the molecule is NC1CCN(c2n[nH]c(-c3cc(O)cc(O)c3)n2)CC1. The van der Waals surface area contributed by atoms with E-state index in [9.17, 15) is 10.2 Å². The Morgan fingerprint density at radius 1 is 1.15 bits per heavy atom. The number of benzene rings is 1. The highest BCUT2D eigenvalue weighted by Crippen LogP contribution is 2.27. The summed E-state index contributed by atoms with van der Waals surface area (Å²) in [4.78, 5) is 6.48. The average molecular weight is 275 g/mol. The van der Waals surface area contributed by atoms with Crippen molar-refractivity contribution in [1.29, 1.82) is 0 Å². The van der Waals surface area contributed by atoms with Crippen molar-refractivity contribution in [3.05, 3.63) is 18.2 Å². The highest BCUT2D eigenvalue weighted by molar-refractivity contribution is 5.61. The van der Waals surface area contributed by atoms with Crippen molar-refractivity contribution in [2.75, 3.05) is 18.0 Å². The molecule has 1 saturated heterocycles. The number of hydrogen-bond acceptors (Lipinski definition) is 6. The second-order valence-corrected chi connectivity index (χ2v) is 5.05. The number of aromatic nitrogens is 3. The van der Waals surface area contributed by atoms with Gasteiger partial charge in [0.05, 0.1) is 0 Å². The van der Waals surface area contributed by atoms with E-state index in [0.29, 0.717) is 17.3 Å². The van der Waals surface area contributed by atoms with Crippen LogP contribution in [0.5, 0.6) is 11.5 Å². The Morgan fingerprint density at radius 2 is 1.80 bits per heavy atom. The lowest BCUT2D eigenvalue weighted by Gasteiger charge is -2.28. The average Bonchev–Trinajstić information content (AvgIpc) is 2.88. The summed E-state index contributed by atoms with van der Waals surface area (Å²) in [5.74, 6) is 1.11. The van der Waals surface area contributed by atoms with E-state index in [4.69, 9.17) is 5.73 Å². The van der Waals surface area contributed by atoms with Crippen LogP contribution in [0.4, 0.5) is 5.95 Å². The van der Waals surface area contributed by atoms with Crippen molar-refractivity contribution >= 4 is 5.95 Å². The Bertz CT molecular complexity index is 584. The first kappa shape index (κ1) is 12.7. The van der Waals surface area contributed by atoms with Gasteiger partial charge in [-0.05, 0) is 25.0 Å². The van der Waals surface area contributed by atoms with Crippen LogP contribution < -0.4 is 10.6 Å². The number of phenols is 2. The number of rotatable bonds is 2. The van der Waals surface area contributed by atoms with Gasteiger partial charge in [0, 0.05) is 30.8 Å². The molecule has 7 nitrogen and oxygen atoms in total. The third-order valence-electron chi connectivity index (χ3n) is 3.47. The highest BCUT2D eigenvalue weighted by Gasteiger charge is 2.19. The number of H-pyrrole nitrogens is 1. The third kappa shape index (κ3) is 2.53. The van der Waals surface area contributed by atoms with E-state index in [0.717, 1.165) is 25.9 Å². The number of nitrogens with two attached hydrogens (primary N) is 1. The van der Waals surface area contributed by atoms with Crippen LogP contribution in [0.2, 0.25) is 0 Å². The highest BCUT2D eigenvalue weighted by atomic mass is 16.3. The predicted molar refractivity (Wildman–Crippen MR) is 74.6 cm³/mol. The molecule has 0 unspecified atom stereocenters. The van der Waals surface area contributed by atoms with Crippen LogP contribution in [0.1, 0.15) is 12.8 Å². The molecule has 20 heavy (non-hydrogen) atoms. The van der Waals surface area contributed by atoms with Crippen molar-refractivity contribution in [2.24, 2.45) is 5.73 Å². The van der Waals surface area contributed by atoms with Gasteiger partial charge in [-0.15, -0.1) is 5.10 Å². The molecular formula is C13H17N5O2. The summed E-state index contributed by atoms with van der Waals surface area (Å²) in [6, 6.07) is 4.58. The molecule has 5 N–H and O–H groups in total. The summed E-state index contributed by atoms with van der Waals surface area (Å²) in [7, 11) is 0. The molecule has 7 heteroatoms. The molecular weight excluding hydrogens is 258 g/mol. The molecule has 0 atom stereocenters. The van der Waals surface area contributed by atoms with Crippen LogP contribution in [0.15, 0.2) is 18.2 Å². The second-order valence-electron chi connectivity index (χ2n) is 5.05. The minimum Gasteiger partial charge on any atom is -0.508 e. The van der Waals surface area contributed by atoms with Crippen LogP contribution >= 0.6 is 0 Å². The van der Waals surface area contributed by atoms with Crippen LogP contribution in [-0.4, -0.2) is 44.5 Å². The van der Waals surface area contributed by atoms with Crippen LogP contribution in [0, 0.1) is 0 Å². The van der Waals surface area contributed by atoms with Gasteiger partial charge in [0.15, 0.2) is 5.82 Å². The van der Waals surface area contributed by atoms with E-state index in [1.54, 1.807) is 0 Å². The zero-order valence-electron chi connectivity index (χ0n) is 11.0. The van der Waals surface area contributed by atoms with Gasteiger partial charge in [-0.2, -0.15) is 4.98 Å². The number of nitrogens with zero attached hydrogens (tertiary/aromatic N) is 3. The van der Waals surface area contributed by atoms with E-state index < -0.39 is 0 Å². The molecule has 0 saturated carbocycles. The van der Waals surface area contributed by atoms with E-state index in [1.165, 1.54) is 18.2 Å². The van der Waals surface area contributed by atoms with E-state index in [1.807, 2.05) is 0 Å². The van der Waals surface area contributed by atoms with Crippen molar-refractivity contribution in [3.63, 3.8) is 0 Å². The van der Waals surface area contributed by atoms with Gasteiger partial charge in [-0.1, -0.05) is 0 Å². The Hall–Kier alpha value is -2.28. The fraction of sp³-hybridized carbons (Fsp3) is 0.385. The summed E-state index contributed by atoms with van der Waals surface area (Å²) in [6.45, 7) is 1.67. The first-order valence-electron chi connectivity index (χ1n) is 6.58. The second kappa shape index (κ2) is 5.01. The monoisotopic (exact) mass is 275 g/mol. The first-order chi connectivity index (χ1) is 9.61. The van der Waals surface area contributed by atoms with E-state index >= 15 is 0 Å². The molecule has 2 aromatic rings. The Kier molecular flexibility index (Phi) is 3.19. The number of nitrogens with one attached hydrogen (secondary N) is 1. The van der Waals surface area contributed by atoms with Gasteiger partial charge >= 0.3 is 0 Å². The topological polar surface area (TPSA) is 111 Å². The summed E-state index contributed by atoms with van der Waals surface area (Å²) >= 11 is 0. The standard InChI is InChI=1S/C13H17N5O2/c14-9-1-3-18(4-2-9)13-15-12(16-17-13)8-5-10(19)7-11(20)6-8/h5-7,9,19-20H,1-4,14H2,(H,15,16,17). The molecule has 1 aliphatic rings. The molecule has 0 aliphatic carbocycles. The molecule has 1 aromatic heterocycles. The lowest BCUT2D eigenvalue weighted by Crippen LogP contribution is -2.40. The number of piperidine rings is 1. The number of phenolic OH excluding ortho intramolecular Hbond substituents is 2. The molecule has 0 bridgehead atoms. The maximum Gasteiger partial charge on any atom is 0.245 e.